The molecule has 0 aliphatic rings. The maximum Gasteiger partial charge on any atom is 0.195 e. The molecule has 0 radical (unpaired) electrons. The monoisotopic (exact) mass is 187 g/mol. The van der Waals surface area contributed by atoms with Gasteiger partial charge < -0.3 is 4.42 Å². The maximum atomic E-state index is 5.54. The Morgan fingerprint density at radius 2 is 2.14 bits per heavy atom. The molecule has 0 aliphatic heterocycles. The minimum atomic E-state index is 0.543. The van der Waals surface area contributed by atoms with Gasteiger partial charge in [-0.1, -0.05) is 32.1 Å². The lowest BCUT2D eigenvalue weighted by Gasteiger charge is -1.99. The Morgan fingerprint density at radius 3 is 2.79 bits per heavy atom. The molecule has 2 rings (SSSR count). The van der Waals surface area contributed by atoms with Gasteiger partial charge in [0.2, 0.25) is 0 Å². The first-order valence-corrected chi connectivity index (χ1v) is 5.10. The molecule has 72 valence electrons. The Balaban J connectivity index is 2.54. The van der Waals surface area contributed by atoms with E-state index in [1.807, 2.05) is 13.0 Å². The van der Waals surface area contributed by atoms with Crippen LogP contribution in [-0.2, 0) is 6.42 Å². The summed E-state index contributed by atoms with van der Waals surface area (Å²) in [6.45, 7) is 6.96. The van der Waals surface area contributed by atoms with Gasteiger partial charge in [0.15, 0.2) is 18.2 Å². The van der Waals surface area contributed by atoms with Crippen LogP contribution in [0.25, 0.3) is 11.1 Å². The topological polar surface area (TPSA) is 26.0 Å². The lowest BCUT2D eigenvalue weighted by molar-refractivity contribution is 0.538. The molecule has 0 aliphatic carbocycles. The van der Waals surface area contributed by atoms with Crippen LogP contribution in [0.5, 0.6) is 0 Å². The number of aryl methyl sites for hydroxylation is 1. The summed E-state index contributed by atoms with van der Waals surface area (Å²) < 4.78 is 5.54. The van der Waals surface area contributed by atoms with Crippen molar-refractivity contribution < 1.29 is 4.42 Å². The van der Waals surface area contributed by atoms with Crippen LogP contribution in [0.15, 0.2) is 22.6 Å². The zero-order valence-corrected chi connectivity index (χ0v) is 8.87. The van der Waals surface area contributed by atoms with Crippen LogP contribution in [0.1, 0.15) is 12.8 Å². The fourth-order valence-corrected chi connectivity index (χ4v) is 1.50. The molecule has 2 nitrogen and oxygen atoms in total. The maximum absolute atomic E-state index is 5.54. The number of oxazole rings is 1. The first-order valence-electron chi connectivity index (χ1n) is 5.10. The summed E-state index contributed by atoms with van der Waals surface area (Å²) in [5, 5.41) is 0. The Kier molecular flexibility index (Phi) is 2.32. The van der Waals surface area contributed by atoms with Crippen LogP contribution < -0.4 is 5.46 Å². The van der Waals surface area contributed by atoms with Gasteiger partial charge in [-0.05, 0) is 12.1 Å². The van der Waals surface area contributed by atoms with E-state index in [-0.39, 0.29) is 0 Å². The summed E-state index contributed by atoms with van der Waals surface area (Å²) in [5.74, 6) is 0.820. The standard InChI is InChI=1S/C11H14BNO/c1-4-11-13-9-7-8(12(2)3)5-6-10(9)14-11/h5-7H,4H2,1-3H3. The van der Waals surface area contributed by atoms with Crippen molar-refractivity contribution in [2.24, 2.45) is 0 Å². The third-order valence-electron chi connectivity index (χ3n) is 2.43. The second-order valence-corrected chi connectivity index (χ2v) is 3.84. The molecule has 0 bridgehead atoms. The Labute approximate surface area is 84.4 Å². The summed E-state index contributed by atoms with van der Waals surface area (Å²) in [5.41, 5.74) is 3.19. The van der Waals surface area contributed by atoms with E-state index in [1.165, 1.54) is 5.46 Å². The van der Waals surface area contributed by atoms with Gasteiger partial charge >= 0.3 is 0 Å². The molecule has 0 spiro atoms. The summed E-state index contributed by atoms with van der Waals surface area (Å²) in [7, 11) is 0. The van der Waals surface area contributed by atoms with Gasteiger partial charge in [-0.25, -0.2) is 4.98 Å². The summed E-state index contributed by atoms with van der Waals surface area (Å²) in [6, 6.07) is 6.23. The minimum absolute atomic E-state index is 0.543. The first kappa shape index (κ1) is 9.32. The molecule has 0 unspecified atom stereocenters. The molecule has 0 amide bonds. The van der Waals surface area contributed by atoms with Crippen molar-refractivity contribution in [3.8, 4) is 0 Å². The van der Waals surface area contributed by atoms with Crippen LogP contribution in [0.2, 0.25) is 13.6 Å². The van der Waals surface area contributed by atoms with E-state index in [0.29, 0.717) is 6.71 Å². The van der Waals surface area contributed by atoms with Crippen molar-refractivity contribution >= 4 is 23.3 Å². The molecule has 3 heteroatoms. The second kappa shape index (κ2) is 3.48. The predicted octanol–water partition coefficient (Wildman–Crippen LogP) is 2.35. The summed E-state index contributed by atoms with van der Waals surface area (Å²) in [6.07, 6.45) is 0.853. The third-order valence-corrected chi connectivity index (χ3v) is 2.43. The Morgan fingerprint density at radius 1 is 1.36 bits per heavy atom. The van der Waals surface area contributed by atoms with Gasteiger partial charge in [-0.15, -0.1) is 0 Å². The van der Waals surface area contributed by atoms with Gasteiger partial charge in [-0.3, -0.25) is 0 Å². The van der Waals surface area contributed by atoms with Crippen LogP contribution in [0.3, 0.4) is 0 Å². The number of rotatable bonds is 2. The number of fused-ring (bicyclic) bond motifs is 1. The number of benzene rings is 1. The van der Waals surface area contributed by atoms with E-state index in [9.17, 15) is 0 Å². The zero-order valence-electron chi connectivity index (χ0n) is 8.87. The van der Waals surface area contributed by atoms with Crippen molar-refractivity contribution in [2.75, 3.05) is 0 Å². The van der Waals surface area contributed by atoms with Crippen molar-refractivity contribution in [3.05, 3.63) is 24.1 Å². The normalized spacial score (nSPS) is 10.8. The average Bonchev–Trinajstić information content (AvgIpc) is 2.58. The number of hydrogen-bond donors (Lipinski definition) is 0. The fourth-order valence-electron chi connectivity index (χ4n) is 1.50. The molecule has 0 saturated carbocycles. The minimum Gasteiger partial charge on any atom is -0.441 e. The molecule has 14 heavy (non-hydrogen) atoms. The van der Waals surface area contributed by atoms with Crippen LogP contribution in [0, 0.1) is 0 Å². The first-order chi connectivity index (χ1) is 6.70. The zero-order chi connectivity index (χ0) is 10.1. The molecule has 1 aromatic carbocycles. The number of nitrogens with zero attached hydrogens (tertiary/aromatic N) is 1. The quantitative estimate of drug-likeness (QED) is 0.674. The second-order valence-electron chi connectivity index (χ2n) is 3.84. The number of hydrogen-bond acceptors (Lipinski definition) is 2. The van der Waals surface area contributed by atoms with Crippen LogP contribution in [0.4, 0.5) is 0 Å². The summed E-state index contributed by atoms with van der Waals surface area (Å²) in [4.78, 5) is 4.41. The van der Waals surface area contributed by atoms with Gasteiger partial charge in [0.25, 0.3) is 0 Å². The summed E-state index contributed by atoms with van der Waals surface area (Å²) >= 11 is 0. The molecule has 1 aromatic heterocycles. The molecular weight excluding hydrogens is 173 g/mol. The lowest BCUT2D eigenvalue weighted by atomic mass is 9.49. The predicted molar refractivity (Wildman–Crippen MR) is 60.5 cm³/mol. The highest BCUT2D eigenvalue weighted by Crippen LogP contribution is 2.14. The van der Waals surface area contributed by atoms with Crippen molar-refractivity contribution in [2.45, 2.75) is 27.0 Å². The van der Waals surface area contributed by atoms with Gasteiger partial charge in [0, 0.05) is 6.42 Å². The van der Waals surface area contributed by atoms with E-state index < -0.39 is 0 Å². The largest absolute Gasteiger partial charge is 0.441 e. The van der Waals surface area contributed by atoms with Crippen molar-refractivity contribution in [1.29, 1.82) is 0 Å². The average molecular weight is 187 g/mol. The molecule has 0 N–H and O–H groups in total. The van der Waals surface area contributed by atoms with Crippen LogP contribution >= 0.6 is 0 Å². The molecule has 0 saturated heterocycles. The van der Waals surface area contributed by atoms with Gasteiger partial charge in [0.05, 0.1) is 0 Å². The van der Waals surface area contributed by atoms with E-state index in [2.05, 4.69) is 30.8 Å². The SMILES string of the molecule is CCc1nc2cc(B(C)C)ccc2o1. The van der Waals surface area contributed by atoms with E-state index in [4.69, 9.17) is 4.42 Å². The van der Waals surface area contributed by atoms with Gasteiger partial charge in [-0.2, -0.15) is 0 Å². The number of aromatic nitrogens is 1. The van der Waals surface area contributed by atoms with E-state index >= 15 is 0 Å². The highest BCUT2D eigenvalue weighted by atomic mass is 16.3. The molecule has 2 aromatic rings. The Hall–Kier alpha value is -1.25. The van der Waals surface area contributed by atoms with Gasteiger partial charge in [0.1, 0.15) is 5.52 Å². The van der Waals surface area contributed by atoms with E-state index in [1.54, 1.807) is 0 Å². The lowest BCUT2D eigenvalue weighted by Crippen LogP contribution is -2.21. The molecule has 0 atom stereocenters. The van der Waals surface area contributed by atoms with Crippen molar-refractivity contribution in [1.82, 2.24) is 4.98 Å². The van der Waals surface area contributed by atoms with Crippen LogP contribution in [-0.4, -0.2) is 11.7 Å². The smallest absolute Gasteiger partial charge is 0.195 e. The fraction of sp³-hybridized carbons (Fsp3) is 0.364. The molecule has 0 fully saturated rings. The molecular formula is C11H14BNO. The van der Waals surface area contributed by atoms with E-state index in [0.717, 1.165) is 23.4 Å². The highest BCUT2D eigenvalue weighted by molar-refractivity contribution is 6.70. The Bertz CT molecular complexity index is 447. The third kappa shape index (κ3) is 1.54. The molecule has 1 heterocycles. The highest BCUT2D eigenvalue weighted by Gasteiger charge is 2.07. The van der Waals surface area contributed by atoms with Crippen molar-refractivity contribution in [3.63, 3.8) is 0 Å².